The molecule has 1 aliphatic heterocycles. The minimum absolute atomic E-state index is 0.613. The third-order valence-electron chi connectivity index (χ3n) is 4.09. The van der Waals surface area contributed by atoms with Crippen LogP contribution in [0.2, 0.25) is 0 Å². The van der Waals surface area contributed by atoms with E-state index in [0.717, 1.165) is 24.1 Å². The molecule has 4 heteroatoms. The zero-order valence-electron chi connectivity index (χ0n) is 12.8. The molecule has 2 heterocycles. The lowest BCUT2D eigenvalue weighted by Gasteiger charge is -2.42. The van der Waals surface area contributed by atoms with Crippen LogP contribution in [-0.2, 0) is 6.54 Å². The number of aromatic nitrogens is 1. The van der Waals surface area contributed by atoms with E-state index in [9.17, 15) is 0 Å². The highest BCUT2D eigenvalue weighted by atomic mass is 79.9. The van der Waals surface area contributed by atoms with Gasteiger partial charge >= 0.3 is 0 Å². The number of halogens is 1. The molecule has 0 spiro atoms. The lowest BCUT2D eigenvalue weighted by Crippen LogP contribution is -2.57. The summed E-state index contributed by atoms with van der Waals surface area (Å²) in [5.41, 5.74) is 1.29. The fraction of sp³-hybridized carbons (Fsp3) is 0.688. The standard InChI is InChI=1S/C16H26BrN3/c1-4-5-15-11-20(16(9-19-15)12(2)3)10-13-6-14(17)8-18-7-13/h6-8,12,15-16,19H,4-5,9-11H2,1-3H3. The summed E-state index contributed by atoms with van der Waals surface area (Å²) in [6.45, 7) is 10.1. The number of hydrogen-bond acceptors (Lipinski definition) is 3. The van der Waals surface area contributed by atoms with Crippen LogP contribution in [0.1, 0.15) is 39.2 Å². The van der Waals surface area contributed by atoms with E-state index in [0.29, 0.717) is 18.0 Å². The van der Waals surface area contributed by atoms with Crippen LogP contribution >= 0.6 is 15.9 Å². The van der Waals surface area contributed by atoms with Gasteiger partial charge in [0.15, 0.2) is 0 Å². The summed E-state index contributed by atoms with van der Waals surface area (Å²) in [6.07, 6.45) is 6.34. The molecule has 0 bridgehead atoms. The predicted molar refractivity (Wildman–Crippen MR) is 87.7 cm³/mol. The van der Waals surface area contributed by atoms with Crippen LogP contribution in [0.15, 0.2) is 22.9 Å². The fourth-order valence-electron chi connectivity index (χ4n) is 3.06. The number of piperazine rings is 1. The van der Waals surface area contributed by atoms with Crippen molar-refractivity contribution in [1.29, 1.82) is 0 Å². The van der Waals surface area contributed by atoms with Gasteiger partial charge in [0.25, 0.3) is 0 Å². The van der Waals surface area contributed by atoms with Gasteiger partial charge in [-0.1, -0.05) is 27.2 Å². The van der Waals surface area contributed by atoms with Gasteiger partial charge in [-0.25, -0.2) is 0 Å². The molecule has 1 N–H and O–H groups in total. The first-order valence-corrected chi connectivity index (χ1v) is 8.46. The molecule has 20 heavy (non-hydrogen) atoms. The highest BCUT2D eigenvalue weighted by molar-refractivity contribution is 9.10. The monoisotopic (exact) mass is 339 g/mol. The Morgan fingerprint density at radius 3 is 2.90 bits per heavy atom. The summed E-state index contributed by atoms with van der Waals surface area (Å²) >= 11 is 3.51. The minimum Gasteiger partial charge on any atom is -0.311 e. The summed E-state index contributed by atoms with van der Waals surface area (Å²) in [4.78, 5) is 6.92. The third kappa shape index (κ3) is 4.27. The molecule has 0 amide bonds. The van der Waals surface area contributed by atoms with Crippen molar-refractivity contribution in [3.63, 3.8) is 0 Å². The van der Waals surface area contributed by atoms with Crippen molar-refractivity contribution in [1.82, 2.24) is 15.2 Å². The van der Waals surface area contributed by atoms with E-state index in [4.69, 9.17) is 0 Å². The number of nitrogens with zero attached hydrogens (tertiary/aromatic N) is 2. The zero-order valence-corrected chi connectivity index (χ0v) is 14.4. The van der Waals surface area contributed by atoms with Crippen molar-refractivity contribution in [2.45, 2.75) is 52.2 Å². The predicted octanol–water partition coefficient (Wildman–Crippen LogP) is 3.44. The molecule has 1 saturated heterocycles. The highest BCUT2D eigenvalue weighted by Gasteiger charge is 2.29. The van der Waals surface area contributed by atoms with Crippen molar-refractivity contribution in [2.24, 2.45) is 5.92 Å². The van der Waals surface area contributed by atoms with Gasteiger partial charge in [0.1, 0.15) is 0 Å². The third-order valence-corrected chi connectivity index (χ3v) is 4.53. The topological polar surface area (TPSA) is 28.2 Å². The Kier molecular flexibility index (Phi) is 6.00. The molecular formula is C16H26BrN3. The van der Waals surface area contributed by atoms with Crippen molar-refractivity contribution >= 4 is 15.9 Å². The van der Waals surface area contributed by atoms with Crippen LogP contribution in [-0.4, -0.2) is 35.1 Å². The Morgan fingerprint density at radius 1 is 1.45 bits per heavy atom. The Morgan fingerprint density at radius 2 is 2.25 bits per heavy atom. The first-order chi connectivity index (χ1) is 9.60. The molecule has 0 radical (unpaired) electrons. The van der Waals surface area contributed by atoms with Crippen LogP contribution in [0, 0.1) is 5.92 Å². The number of hydrogen-bond donors (Lipinski definition) is 1. The molecular weight excluding hydrogens is 314 g/mol. The van der Waals surface area contributed by atoms with Gasteiger partial charge in [-0.15, -0.1) is 0 Å². The summed E-state index contributed by atoms with van der Waals surface area (Å²) in [6, 6.07) is 3.43. The Hall–Kier alpha value is -0.450. The first kappa shape index (κ1) is 15.9. The van der Waals surface area contributed by atoms with Crippen molar-refractivity contribution in [2.75, 3.05) is 13.1 Å². The molecule has 2 atom stereocenters. The maximum atomic E-state index is 4.29. The van der Waals surface area contributed by atoms with E-state index in [1.54, 1.807) is 0 Å². The molecule has 0 aliphatic carbocycles. The lowest BCUT2D eigenvalue weighted by atomic mass is 9.96. The van der Waals surface area contributed by atoms with E-state index < -0.39 is 0 Å². The largest absolute Gasteiger partial charge is 0.311 e. The van der Waals surface area contributed by atoms with Gasteiger partial charge in [0, 0.05) is 48.6 Å². The average Bonchev–Trinajstić information content (AvgIpc) is 2.39. The van der Waals surface area contributed by atoms with Crippen LogP contribution in [0.4, 0.5) is 0 Å². The Bertz CT molecular complexity index is 422. The molecule has 0 saturated carbocycles. The van der Waals surface area contributed by atoms with Crippen LogP contribution in [0.25, 0.3) is 0 Å². The maximum Gasteiger partial charge on any atom is 0.0410 e. The maximum absolute atomic E-state index is 4.29. The first-order valence-electron chi connectivity index (χ1n) is 7.67. The Labute approximate surface area is 131 Å². The summed E-state index contributed by atoms with van der Waals surface area (Å²) in [5, 5.41) is 3.71. The number of nitrogens with one attached hydrogen (secondary N) is 1. The fourth-order valence-corrected chi connectivity index (χ4v) is 3.47. The van der Waals surface area contributed by atoms with E-state index in [-0.39, 0.29) is 0 Å². The second kappa shape index (κ2) is 7.53. The van der Waals surface area contributed by atoms with E-state index in [1.165, 1.54) is 18.4 Å². The Balaban J connectivity index is 2.06. The molecule has 1 aromatic heterocycles. The van der Waals surface area contributed by atoms with Gasteiger partial charge in [0.05, 0.1) is 0 Å². The molecule has 0 aromatic carbocycles. The second-order valence-corrected chi connectivity index (χ2v) is 7.06. The SMILES string of the molecule is CCCC1CN(Cc2cncc(Br)c2)C(C(C)C)CN1. The minimum atomic E-state index is 0.613. The molecule has 112 valence electrons. The van der Waals surface area contributed by atoms with Crippen LogP contribution in [0.3, 0.4) is 0 Å². The van der Waals surface area contributed by atoms with Gasteiger partial charge < -0.3 is 5.32 Å². The van der Waals surface area contributed by atoms with Gasteiger partial charge in [-0.2, -0.15) is 0 Å². The van der Waals surface area contributed by atoms with Crippen molar-refractivity contribution in [3.8, 4) is 0 Å². The van der Waals surface area contributed by atoms with Crippen LogP contribution < -0.4 is 5.32 Å². The van der Waals surface area contributed by atoms with Gasteiger partial charge in [-0.05, 0) is 39.9 Å². The normalized spacial score (nSPS) is 24.2. The number of rotatable bonds is 5. The summed E-state index contributed by atoms with van der Waals surface area (Å²) in [5.74, 6) is 0.671. The summed E-state index contributed by atoms with van der Waals surface area (Å²) in [7, 11) is 0. The highest BCUT2D eigenvalue weighted by Crippen LogP contribution is 2.20. The van der Waals surface area contributed by atoms with Gasteiger partial charge in [-0.3, -0.25) is 9.88 Å². The zero-order chi connectivity index (χ0) is 14.5. The van der Waals surface area contributed by atoms with Crippen molar-refractivity contribution < 1.29 is 0 Å². The molecule has 2 unspecified atom stereocenters. The smallest absolute Gasteiger partial charge is 0.0410 e. The van der Waals surface area contributed by atoms with Crippen molar-refractivity contribution in [3.05, 3.63) is 28.5 Å². The van der Waals surface area contributed by atoms with Gasteiger partial charge in [0.2, 0.25) is 0 Å². The van der Waals surface area contributed by atoms with E-state index >= 15 is 0 Å². The molecule has 1 aliphatic rings. The lowest BCUT2D eigenvalue weighted by molar-refractivity contribution is 0.0884. The van der Waals surface area contributed by atoms with E-state index in [2.05, 4.69) is 58.0 Å². The second-order valence-electron chi connectivity index (χ2n) is 6.15. The molecule has 1 aromatic rings. The molecule has 1 fully saturated rings. The number of pyridine rings is 1. The quantitative estimate of drug-likeness (QED) is 0.890. The molecule has 3 nitrogen and oxygen atoms in total. The summed E-state index contributed by atoms with van der Waals surface area (Å²) < 4.78 is 1.07. The van der Waals surface area contributed by atoms with E-state index in [1.807, 2.05) is 12.4 Å². The van der Waals surface area contributed by atoms with Crippen LogP contribution in [0.5, 0.6) is 0 Å². The average molecular weight is 340 g/mol. The molecule has 2 rings (SSSR count).